The van der Waals surface area contributed by atoms with Crippen molar-refractivity contribution < 1.29 is 4.79 Å². The van der Waals surface area contributed by atoms with Crippen LogP contribution in [0.1, 0.15) is 47.0 Å². The van der Waals surface area contributed by atoms with Crippen LogP contribution in [0.4, 0.5) is 0 Å². The largest absolute Gasteiger partial charge is 0.350 e. The van der Waals surface area contributed by atoms with E-state index in [0.717, 1.165) is 12.8 Å². The van der Waals surface area contributed by atoms with E-state index in [1.54, 1.807) is 0 Å². The highest BCUT2D eigenvalue weighted by molar-refractivity contribution is 5.82. The first-order chi connectivity index (χ1) is 5.33. The van der Waals surface area contributed by atoms with Crippen LogP contribution in [0.25, 0.3) is 0 Å². The van der Waals surface area contributed by atoms with Crippen LogP contribution in [0.15, 0.2) is 0 Å². The Balaban J connectivity index is 2.46. The van der Waals surface area contributed by atoms with Gasteiger partial charge in [0.2, 0.25) is 5.91 Å². The van der Waals surface area contributed by atoms with E-state index >= 15 is 0 Å². The van der Waals surface area contributed by atoms with Crippen molar-refractivity contribution in [3.05, 3.63) is 0 Å². The standard InChI is InChI=1S/C10H19NO/c1-9(2,3)8(12)11-10(4)6-5-7-10/h5-7H2,1-4H3,(H,11,12). The number of hydrogen-bond donors (Lipinski definition) is 1. The van der Waals surface area contributed by atoms with Gasteiger partial charge in [0.1, 0.15) is 0 Å². The molecule has 1 fully saturated rings. The van der Waals surface area contributed by atoms with E-state index in [1.165, 1.54) is 6.42 Å². The number of carbonyl (C=O) groups excluding carboxylic acids is 1. The van der Waals surface area contributed by atoms with Crippen molar-refractivity contribution in [1.29, 1.82) is 0 Å². The molecule has 0 spiro atoms. The number of nitrogens with one attached hydrogen (secondary N) is 1. The summed E-state index contributed by atoms with van der Waals surface area (Å²) in [6.07, 6.45) is 3.52. The Hall–Kier alpha value is -0.530. The SMILES string of the molecule is CC1(NC(=O)C(C)(C)C)CCC1. The zero-order chi connectivity index (χ0) is 9.41. The van der Waals surface area contributed by atoms with Gasteiger partial charge >= 0.3 is 0 Å². The maximum atomic E-state index is 11.6. The summed E-state index contributed by atoms with van der Waals surface area (Å²) in [6.45, 7) is 7.97. The van der Waals surface area contributed by atoms with Gasteiger partial charge in [0.15, 0.2) is 0 Å². The van der Waals surface area contributed by atoms with Crippen molar-refractivity contribution in [1.82, 2.24) is 5.32 Å². The second-order valence-electron chi connectivity index (χ2n) is 5.12. The monoisotopic (exact) mass is 169 g/mol. The fourth-order valence-corrected chi connectivity index (χ4v) is 1.29. The van der Waals surface area contributed by atoms with E-state index in [9.17, 15) is 4.79 Å². The molecule has 2 heteroatoms. The summed E-state index contributed by atoms with van der Waals surface area (Å²) in [5, 5.41) is 3.09. The van der Waals surface area contributed by atoms with E-state index in [2.05, 4.69) is 12.2 Å². The highest BCUT2D eigenvalue weighted by Gasteiger charge is 2.35. The highest BCUT2D eigenvalue weighted by Crippen LogP contribution is 2.32. The van der Waals surface area contributed by atoms with Gasteiger partial charge in [-0.15, -0.1) is 0 Å². The zero-order valence-electron chi connectivity index (χ0n) is 8.53. The lowest BCUT2D eigenvalue weighted by Crippen LogP contribution is -2.53. The molecular weight excluding hydrogens is 150 g/mol. The minimum atomic E-state index is -0.251. The van der Waals surface area contributed by atoms with Crippen LogP contribution in [-0.2, 0) is 4.79 Å². The molecule has 1 rings (SSSR count). The normalized spacial score (nSPS) is 21.3. The molecule has 0 radical (unpaired) electrons. The Kier molecular flexibility index (Phi) is 2.19. The first-order valence-electron chi connectivity index (χ1n) is 4.66. The maximum Gasteiger partial charge on any atom is 0.225 e. The third-order valence-corrected chi connectivity index (χ3v) is 2.55. The van der Waals surface area contributed by atoms with Crippen LogP contribution < -0.4 is 5.32 Å². The zero-order valence-corrected chi connectivity index (χ0v) is 8.53. The van der Waals surface area contributed by atoms with Crippen LogP contribution in [0.5, 0.6) is 0 Å². The van der Waals surface area contributed by atoms with Gasteiger partial charge in [0.05, 0.1) is 0 Å². The topological polar surface area (TPSA) is 29.1 Å². The van der Waals surface area contributed by atoms with Crippen molar-refractivity contribution in [3.8, 4) is 0 Å². The summed E-state index contributed by atoms with van der Waals surface area (Å²) in [6, 6.07) is 0. The first kappa shape index (κ1) is 9.56. The predicted octanol–water partition coefficient (Wildman–Crippen LogP) is 2.09. The Morgan fingerprint density at radius 1 is 1.33 bits per heavy atom. The molecule has 1 saturated carbocycles. The third kappa shape index (κ3) is 1.99. The first-order valence-corrected chi connectivity index (χ1v) is 4.66. The molecule has 1 aliphatic carbocycles. The Labute approximate surface area is 74.7 Å². The van der Waals surface area contributed by atoms with E-state index < -0.39 is 0 Å². The smallest absolute Gasteiger partial charge is 0.225 e. The molecule has 0 atom stereocenters. The number of amides is 1. The fourth-order valence-electron chi connectivity index (χ4n) is 1.29. The second kappa shape index (κ2) is 2.75. The van der Waals surface area contributed by atoms with Gasteiger partial charge in [-0.3, -0.25) is 4.79 Å². The molecule has 0 heterocycles. The third-order valence-electron chi connectivity index (χ3n) is 2.55. The molecule has 0 unspecified atom stereocenters. The molecule has 12 heavy (non-hydrogen) atoms. The Morgan fingerprint density at radius 2 is 1.83 bits per heavy atom. The summed E-state index contributed by atoms with van der Waals surface area (Å²) in [4.78, 5) is 11.6. The van der Waals surface area contributed by atoms with Crippen molar-refractivity contribution >= 4 is 5.91 Å². The van der Waals surface area contributed by atoms with Crippen LogP contribution in [0, 0.1) is 5.41 Å². The fraction of sp³-hybridized carbons (Fsp3) is 0.900. The van der Waals surface area contributed by atoms with Crippen molar-refractivity contribution in [2.45, 2.75) is 52.5 Å². The van der Waals surface area contributed by atoms with Gasteiger partial charge in [0, 0.05) is 11.0 Å². The van der Waals surface area contributed by atoms with E-state index in [-0.39, 0.29) is 16.9 Å². The highest BCUT2D eigenvalue weighted by atomic mass is 16.2. The summed E-state index contributed by atoms with van der Waals surface area (Å²) >= 11 is 0. The Bertz CT molecular complexity index is 187. The molecule has 1 amide bonds. The maximum absolute atomic E-state index is 11.6. The lowest BCUT2D eigenvalue weighted by molar-refractivity contribution is -0.131. The molecule has 1 N–H and O–H groups in total. The van der Waals surface area contributed by atoms with Gasteiger partial charge in [-0.05, 0) is 26.2 Å². The van der Waals surface area contributed by atoms with Gasteiger partial charge < -0.3 is 5.32 Å². The lowest BCUT2D eigenvalue weighted by atomic mass is 9.77. The Morgan fingerprint density at radius 3 is 2.08 bits per heavy atom. The molecule has 2 nitrogen and oxygen atoms in total. The summed E-state index contributed by atoms with van der Waals surface area (Å²) < 4.78 is 0. The summed E-state index contributed by atoms with van der Waals surface area (Å²) in [7, 11) is 0. The van der Waals surface area contributed by atoms with Gasteiger partial charge in [-0.2, -0.15) is 0 Å². The molecule has 0 aromatic heterocycles. The molecule has 0 aliphatic heterocycles. The van der Waals surface area contributed by atoms with E-state index in [1.807, 2.05) is 20.8 Å². The number of rotatable bonds is 1. The van der Waals surface area contributed by atoms with Crippen molar-refractivity contribution in [2.24, 2.45) is 5.41 Å². The minimum absolute atomic E-state index is 0.102. The predicted molar refractivity (Wildman–Crippen MR) is 49.9 cm³/mol. The van der Waals surface area contributed by atoms with Crippen LogP contribution in [0.2, 0.25) is 0 Å². The van der Waals surface area contributed by atoms with Crippen molar-refractivity contribution in [2.75, 3.05) is 0 Å². The molecular formula is C10H19NO. The van der Waals surface area contributed by atoms with Crippen LogP contribution >= 0.6 is 0 Å². The average molecular weight is 169 g/mol. The van der Waals surface area contributed by atoms with Gasteiger partial charge in [0.25, 0.3) is 0 Å². The van der Waals surface area contributed by atoms with Crippen LogP contribution in [-0.4, -0.2) is 11.4 Å². The quantitative estimate of drug-likeness (QED) is 0.640. The van der Waals surface area contributed by atoms with Crippen molar-refractivity contribution in [3.63, 3.8) is 0 Å². The van der Waals surface area contributed by atoms with E-state index in [4.69, 9.17) is 0 Å². The minimum Gasteiger partial charge on any atom is -0.350 e. The molecule has 0 saturated heterocycles. The molecule has 1 aliphatic rings. The number of carbonyl (C=O) groups is 1. The number of hydrogen-bond acceptors (Lipinski definition) is 1. The molecule has 0 aromatic carbocycles. The van der Waals surface area contributed by atoms with Crippen LogP contribution in [0.3, 0.4) is 0 Å². The molecule has 70 valence electrons. The summed E-state index contributed by atoms with van der Waals surface area (Å²) in [5.74, 6) is 0.171. The van der Waals surface area contributed by atoms with Gasteiger partial charge in [-0.25, -0.2) is 0 Å². The average Bonchev–Trinajstić information content (AvgIpc) is 1.82. The second-order valence-corrected chi connectivity index (χ2v) is 5.12. The van der Waals surface area contributed by atoms with Gasteiger partial charge in [-0.1, -0.05) is 20.8 Å². The van der Waals surface area contributed by atoms with E-state index in [0.29, 0.717) is 0 Å². The summed E-state index contributed by atoms with van der Waals surface area (Å²) in [5.41, 5.74) is -0.150. The molecule has 0 aromatic rings. The lowest BCUT2D eigenvalue weighted by Gasteiger charge is -2.40. The molecule has 0 bridgehead atoms.